The molecule has 5 nitrogen and oxygen atoms in total. The van der Waals surface area contributed by atoms with Gasteiger partial charge >= 0.3 is 0 Å². The van der Waals surface area contributed by atoms with Crippen molar-refractivity contribution in [3.63, 3.8) is 0 Å². The molecule has 1 atom stereocenters. The second-order valence-electron chi connectivity index (χ2n) is 3.74. The highest BCUT2D eigenvalue weighted by atomic mass is 32.2. The summed E-state index contributed by atoms with van der Waals surface area (Å²) in [6.07, 6.45) is 3.34. The molecule has 0 radical (unpaired) electrons. The van der Waals surface area contributed by atoms with Crippen molar-refractivity contribution in [1.82, 2.24) is 9.29 Å². The number of rotatable bonds is 5. The summed E-state index contributed by atoms with van der Waals surface area (Å²) in [6.45, 7) is 1.87. The molecule has 96 valence electrons. The van der Waals surface area contributed by atoms with Crippen LogP contribution in [0.25, 0.3) is 0 Å². The van der Waals surface area contributed by atoms with Gasteiger partial charge in [-0.2, -0.15) is 16.1 Å². The summed E-state index contributed by atoms with van der Waals surface area (Å²) < 4.78 is 25.8. The Bertz CT molecular complexity index is 476. The number of pyridine rings is 1. The smallest absolute Gasteiger partial charge is 0.243 e. The fourth-order valence-electron chi connectivity index (χ4n) is 1.34. The van der Waals surface area contributed by atoms with E-state index in [2.05, 4.69) is 4.98 Å². The van der Waals surface area contributed by atoms with E-state index in [4.69, 9.17) is 5.73 Å². The predicted molar refractivity (Wildman–Crippen MR) is 71.4 cm³/mol. The molecule has 1 unspecified atom stereocenters. The molecule has 17 heavy (non-hydrogen) atoms. The Morgan fingerprint density at radius 1 is 1.59 bits per heavy atom. The van der Waals surface area contributed by atoms with Gasteiger partial charge < -0.3 is 5.73 Å². The maximum absolute atomic E-state index is 12.2. The molecule has 0 amide bonds. The normalized spacial score (nSPS) is 13.9. The standard InChI is InChI=1S/C10H17N3O2S2/c1-8(7-16-3)13(2)17(14,15)9-4-5-12-10(11)6-9/h4-6,8H,7H2,1-3H3,(H2,11,12). The van der Waals surface area contributed by atoms with Crippen LogP contribution in [0.4, 0.5) is 5.82 Å². The Balaban J connectivity index is 3.03. The van der Waals surface area contributed by atoms with Crippen molar-refractivity contribution < 1.29 is 8.42 Å². The van der Waals surface area contributed by atoms with Crippen LogP contribution < -0.4 is 5.73 Å². The number of anilines is 1. The molecule has 1 heterocycles. The molecular weight excluding hydrogens is 258 g/mol. The van der Waals surface area contributed by atoms with E-state index in [0.29, 0.717) is 0 Å². The van der Waals surface area contributed by atoms with Crippen LogP contribution in [0, 0.1) is 0 Å². The summed E-state index contributed by atoms with van der Waals surface area (Å²) in [4.78, 5) is 3.97. The first-order chi connectivity index (χ1) is 7.89. The molecule has 0 aromatic carbocycles. The van der Waals surface area contributed by atoms with Crippen LogP contribution in [0.3, 0.4) is 0 Å². The van der Waals surface area contributed by atoms with Gasteiger partial charge in [-0.05, 0) is 19.2 Å². The van der Waals surface area contributed by atoms with Gasteiger partial charge in [-0.1, -0.05) is 0 Å². The Morgan fingerprint density at radius 3 is 2.76 bits per heavy atom. The van der Waals surface area contributed by atoms with Crippen LogP contribution in [0.15, 0.2) is 23.2 Å². The van der Waals surface area contributed by atoms with Gasteiger partial charge in [0.2, 0.25) is 10.0 Å². The van der Waals surface area contributed by atoms with Crippen LogP contribution in [-0.4, -0.2) is 42.8 Å². The minimum Gasteiger partial charge on any atom is -0.384 e. The Kier molecular flexibility index (Phi) is 4.79. The van der Waals surface area contributed by atoms with Crippen LogP contribution in [0.2, 0.25) is 0 Å². The molecular formula is C10H17N3O2S2. The summed E-state index contributed by atoms with van der Waals surface area (Å²) in [7, 11) is -1.91. The Labute approximate surface area is 106 Å². The van der Waals surface area contributed by atoms with Gasteiger partial charge in [0.1, 0.15) is 5.82 Å². The summed E-state index contributed by atoms with van der Waals surface area (Å²) in [5, 5.41) is 0. The fourth-order valence-corrected chi connectivity index (χ4v) is 3.52. The second-order valence-corrected chi connectivity index (χ2v) is 6.65. The van der Waals surface area contributed by atoms with Crippen LogP contribution >= 0.6 is 11.8 Å². The van der Waals surface area contributed by atoms with E-state index in [1.54, 1.807) is 18.8 Å². The number of nitrogens with two attached hydrogens (primary N) is 1. The number of hydrogen-bond acceptors (Lipinski definition) is 5. The van der Waals surface area contributed by atoms with E-state index in [-0.39, 0.29) is 16.8 Å². The maximum atomic E-state index is 12.2. The number of sulfonamides is 1. The molecule has 1 rings (SSSR count). The lowest BCUT2D eigenvalue weighted by atomic mass is 10.4. The molecule has 0 saturated carbocycles. The van der Waals surface area contributed by atoms with Crippen molar-refractivity contribution in [2.45, 2.75) is 17.9 Å². The van der Waals surface area contributed by atoms with E-state index >= 15 is 0 Å². The number of aromatic nitrogens is 1. The van der Waals surface area contributed by atoms with Crippen molar-refractivity contribution in [3.05, 3.63) is 18.3 Å². The molecule has 0 fully saturated rings. The molecule has 0 saturated heterocycles. The SMILES string of the molecule is CSCC(C)N(C)S(=O)(=O)c1ccnc(N)c1. The third-order valence-corrected chi connectivity index (χ3v) is 5.24. The third kappa shape index (κ3) is 3.34. The second kappa shape index (κ2) is 5.70. The highest BCUT2D eigenvalue weighted by Gasteiger charge is 2.25. The largest absolute Gasteiger partial charge is 0.384 e. The zero-order valence-corrected chi connectivity index (χ0v) is 11.8. The van der Waals surface area contributed by atoms with Crippen LogP contribution in [0.1, 0.15) is 6.92 Å². The number of thioether (sulfide) groups is 1. The van der Waals surface area contributed by atoms with Gasteiger partial charge in [0, 0.05) is 31.1 Å². The van der Waals surface area contributed by atoms with Gasteiger partial charge in [0.25, 0.3) is 0 Å². The summed E-state index contributed by atoms with van der Waals surface area (Å²) >= 11 is 1.61. The van der Waals surface area contributed by atoms with E-state index in [0.717, 1.165) is 5.75 Å². The van der Waals surface area contributed by atoms with Gasteiger partial charge in [0.15, 0.2) is 0 Å². The lowest BCUT2D eigenvalue weighted by molar-refractivity contribution is 0.415. The molecule has 0 aliphatic heterocycles. The minimum atomic E-state index is -3.48. The van der Waals surface area contributed by atoms with Gasteiger partial charge in [-0.25, -0.2) is 13.4 Å². The molecule has 0 bridgehead atoms. The number of hydrogen-bond donors (Lipinski definition) is 1. The van der Waals surface area contributed by atoms with E-state index in [1.807, 2.05) is 13.2 Å². The molecule has 1 aromatic heterocycles. The molecule has 0 aliphatic rings. The number of nitrogens with zero attached hydrogens (tertiary/aromatic N) is 2. The van der Waals surface area contributed by atoms with E-state index in [9.17, 15) is 8.42 Å². The van der Waals surface area contributed by atoms with Crippen molar-refractivity contribution >= 4 is 27.6 Å². The molecule has 0 spiro atoms. The molecule has 0 aliphatic carbocycles. The monoisotopic (exact) mass is 275 g/mol. The van der Waals surface area contributed by atoms with Crippen molar-refractivity contribution in [2.75, 3.05) is 24.8 Å². The van der Waals surface area contributed by atoms with Crippen molar-refractivity contribution in [2.24, 2.45) is 0 Å². The van der Waals surface area contributed by atoms with E-state index < -0.39 is 10.0 Å². The van der Waals surface area contributed by atoms with Crippen LogP contribution in [0.5, 0.6) is 0 Å². The first-order valence-electron chi connectivity index (χ1n) is 5.08. The van der Waals surface area contributed by atoms with Crippen molar-refractivity contribution in [1.29, 1.82) is 0 Å². The van der Waals surface area contributed by atoms with Gasteiger partial charge in [0.05, 0.1) is 4.90 Å². The quantitative estimate of drug-likeness (QED) is 0.868. The van der Waals surface area contributed by atoms with Gasteiger partial charge in [-0.15, -0.1) is 0 Å². The first kappa shape index (κ1) is 14.3. The van der Waals surface area contributed by atoms with Crippen LogP contribution in [-0.2, 0) is 10.0 Å². The van der Waals surface area contributed by atoms with Gasteiger partial charge in [-0.3, -0.25) is 0 Å². The minimum absolute atomic E-state index is 0.0654. The average Bonchev–Trinajstić information content (AvgIpc) is 2.28. The van der Waals surface area contributed by atoms with E-state index in [1.165, 1.54) is 22.6 Å². The highest BCUT2D eigenvalue weighted by Crippen LogP contribution is 2.18. The third-order valence-electron chi connectivity index (χ3n) is 2.46. The Morgan fingerprint density at radius 2 is 2.24 bits per heavy atom. The lowest BCUT2D eigenvalue weighted by Crippen LogP contribution is -2.36. The predicted octanol–water partition coefficient (Wildman–Crippen LogP) is 1.04. The average molecular weight is 275 g/mol. The summed E-state index contributed by atoms with van der Waals surface area (Å²) in [5.74, 6) is 0.952. The maximum Gasteiger partial charge on any atom is 0.243 e. The fraction of sp³-hybridized carbons (Fsp3) is 0.500. The zero-order valence-electron chi connectivity index (χ0n) is 10.1. The summed E-state index contributed by atoms with van der Waals surface area (Å²) in [6, 6.07) is 2.76. The highest BCUT2D eigenvalue weighted by molar-refractivity contribution is 7.98. The Hall–Kier alpha value is -0.790. The first-order valence-corrected chi connectivity index (χ1v) is 7.91. The van der Waals surface area contributed by atoms with Crippen molar-refractivity contribution in [3.8, 4) is 0 Å². The summed E-state index contributed by atoms with van der Waals surface area (Å²) in [5.41, 5.74) is 5.49. The molecule has 2 N–H and O–H groups in total. The molecule has 7 heteroatoms. The zero-order chi connectivity index (χ0) is 13.1. The molecule has 1 aromatic rings. The topological polar surface area (TPSA) is 76.3 Å². The number of nitrogen functional groups attached to an aromatic ring is 1. The lowest BCUT2D eigenvalue weighted by Gasteiger charge is -2.23.